The molecule has 3 rings (SSSR count). The molecule has 0 aliphatic heterocycles. The third-order valence-corrected chi connectivity index (χ3v) is 4.99. The normalized spacial score (nSPS) is 10.3. The van der Waals surface area contributed by atoms with Crippen molar-refractivity contribution in [3.8, 4) is 11.8 Å². The molecule has 28 heavy (non-hydrogen) atoms. The summed E-state index contributed by atoms with van der Waals surface area (Å²) in [6, 6.07) is 15.8. The first-order chi connectivity index (χ1) is 13.5. The molecule has 2 aromatic carbocycles. The third kappa shape index (κ3) is 5.25. The van der Waals surface area contributed by atoms with E-state index in [2.05, 4.69) is 15.5 Å². The van der Waals surface area contributed by atoms with Gasteiger partial charge in [0.1, 0.15) is 12.4 Å². The number of carbonyl (C=O) groups is 1. The van der Waals surface area contributed by atoms with Crippen LogP contribution in [0.1, 0.15) is 11.4 Å². The molecular formula is C19H16ClN5O2S. The summed E-state index contributed by atoms with van der Waals surface area (Å²) < 4.78 is 7.45. The van der Waals surface area contributed by atoms with Crippen LogP contribution in [0.3, 0.4) is 0 Å². The highest BCUT2D eigenvalue weighted by Gasteiger charge is 2.12. The van der Waals surface area contributed by atoms with Crippen LogP contribution in [0.15, 0.2) is 53.7 Å². The van der Waals surface area contributed by atoms with Gasteiger partial charge in [-0.25, -0.2) is 0 Å². The van der Waals surface area contributed by atoms with E-state index in [1.54, 1.807) is 53.1 Å². The van der Waals surface area contributed by atoms with Crippen LogP contribution >= 0.6 is 23.4 Å². The summed E-state index contributed by atoms with van der Waals surface area (Å²) in [5, 5.41) is 21.1. The Hall–Kier alpha value is -3.02. The highest BCUT2D eigenvalue weighted by molar-refractivity contribution is 7.99. The molecule has 0 fully saturated rings. The number of nitriles is 1. The predicted molar refractivity (Wildman–Crippen MR) is 107 cm³/mol. The number of hydrogen-bond donors (Lipinski definition) is 1. The SMILES string of the molecule is Cn1c(COc2ccc(Cl)cc2)nnc1SCC(=O)Nc1cccc(C#N)c1. The standard InChI is InChI=1S/C19H16ClN5O2S/c1-25-17(11-27-16-7-5-14(20)6-8-16)23-24-19(25)28-12-18(26)22-15-4-2-3-13(9-15)10-21/h2-9H,11-12H2,1H3,(H,22,26). The second-order valence-electron chi connectivity index (χ2n) is 5.73. The first-order valence-corrected chi connectivity index (χ1v) is 9.61. The fourth-order valence-corrected chi connectivity index (χ4v) is 3.12. The summed E-state index contributed by atoms with van der Waals surface area (Å²) in [7, 11) is 1.82. The highest BCUT2D eigenvalue weighted by atomic mass is 35.5. The summed E-state index contributed by atoms with van der Waals surface area (Å²) in [6.07, 6.45) is 0. The largest absolute Gasteiger partial charge is 0.486 e. The number of nitrogens with one attached hydrogen (secondary N) is 1. The van der Waals surface area contributed by atoms with Gasteiger partial charge in [-0.2, -0.15) is 5.26 Å². The monoisotopic (exact) mass is 413 g/mol. The van der Waals surface area contributed by atoms with E-state index in [-0.39, 0.29) is 18.3 Å². The van der Waals surface area contributed by atoms with Crippen molar-refractivity contribution in [1.82, 2.24) is 14.8 Å². The lowest BCUT2D eigenvalue weighted by Gasteiger charge is -2.07. The van der Waals surface area contributed by atoms with Crippen LogP contribution in [0, 0.1) is 11.3 Å². The molecule has 0 atom stereocenters. The van der Waals surface area contributed by atoms with Crippen LogP contribution < -0.4 is 10.1 Å². The van der Waals surface area contributed by atoms with E-state index >= 15 is 0 Å². The van der Waals surface area contributed by atoms with E-state index < -0.39 is 0 Å². The van der Waals surface area contributed by atoms with E-state index in [0.717, 1.165) is 0 Å². The molecule has 3 aromatic rings. The summed E-state index contributed by atoms with van der Waals surface area (Å²) in [4.78, 5) is 12.1. The lowest BCUT2D eigenvalue weighted by atomic mass is 10.2. The van der Waals surface area contributed by atoms with Crippen LogP contribution in [-0.4, -0.2) is 26.4 Å². The minimum absolute atomic E-state index is 0.167. The molecule has 0 saturated carbocycles. The molecule has 1 N–H and O–H groups in total. The van der Waals surface area contributed by atoms with Gasteiger partial charge in [0.15, 0.2) is 11.0 Å². The number of hydrogen-bond acceptors (Lipinski definition) is 6. The fraction of sp³-hybridized carbons (Fsp3) is 0.158. The van der Waals surface area contributed by atoms with Crippen molar-refractivity contribution in [3.63, 3.8) is 0 Å². The Morgan fingerprint density at radius 3 is 2.82 bits per heavy atom. The van der Waals surface area contributed by atoms with Crippen LogP contribution in [0.4, 0.5) is 5.69 Å². The second-order valence-corrected chi connectivity index (χ2v) is 7.11. The minimum atomic E-state index is -0.193. The van der Waals surface area contributed by atoms with Crippen molar-refractivity contribution < 1.29 is 9.53 Å². The molecule has 0 aliphatic rings. The number of thioether (sulfide) groups is 1. The van der Waals surface area contributed by atoms with Crippen LogP contribution in [-0.2, 0) is 18.4 Å². The summed E-state index contributed by atoms with van der Waals surface area (Å²) >= 11 is 7.12. The van der Waals surface area contributed by atoms with Gasteiger partial charge in [0.2, 0.25) is 5.91 Å². The number of amides is 1. The molecule has 0 bridgehead atoms. The molecule has 0 aliphatic carbocycles. The van der Waals surface area contributed by atoms with E-state index in [1.165, 1.54) is 11.8 Å². The van der Waals surface area contributed by atoms with Crippen molar-refractivity contribution in [3.05, 3.63) is 64.9 Å². The zero-order valence-electron chi connectivity index (χ0n) is 14.9. The minimum Gasteiger partial charge on any atom is -0.486 e. The second kappa shape index (κ2) is 9.26. The Morgan fingerprint density at radius 1 is 1.29 bits per heavy atom. The zero-order valence-corrected chi connectivity index (χ0v) is 16.5. The van der Waals surface area contributed by atoms with Gasteiger partial charge in [-0.1, -0.05) is 29.4 Å². The number of anilines is 1. The molecule has 9 heteroatoms. The Bertz CT molecular complexity index is 1010. The number of carbonyl (C=O) groups excluding carboxylic acids is 1. The van der Waals surface area contributed by atoms with E-state index in [1.807, 2.05) is 13.1 Å². The average Bonchev–Trinajstić information content (AvgIpc) is 3.05. The van der Waals surface area contributed by atoms with Gasteiger partial charge in [0, 0.05) is 17.8 Å². The maximum absolute atomic E-state index is 12.1. The molecule has 142 valence electrons. The zero-order chi connectivity index (χ0) is 19.9. The van der Waals surface area contributed by atoms with Crippen LogP contribution in [0.2, 0.25) is 5.02 Å². The smallest absolute Gasteiger partial charge is 0.234 e. The molecule has 0 unspecified atom stereocenters. The van der Waals surface area contributed by atoms with Gasteiger partial charge in [0.25, 0.3) is 0 Å². The van der Waals surface area contributed by atoms with Crippen molar-refractivity contribution >= 4 is 35.0 Å². The first kappa shape index (κ1) is 19.7. The quantitative estimate of drug-likeness (QED) is 0.594. The van der Waals surface area contributed by atoms with Crippen molar-refractivity contribution in [2.45, 2.75) is 11.8 Å². The van der Waals surface area contributed by atoms with Crippen molar-refractivity contribution in [2.75, 3.05) is 11.1 Å². The van der Waals surface area contributed by atoms with Gasteiger partial charge in [0.05, 0.1) is 17.4 Å². The van der Waals surface area contributed by atoms with Crippen LogP contribution in [0.25, 0.3) is 0 Å². The van der Waals surface area contributed by atoms with Gasteiger partial charge >= 0.3 is 0 Å². The summed E-state index contributed by atoms with van der Waals surface area (Å²) in [6.45, 7) is 0.249. The van der Waals surface area contributed by atoms with Gasteiger partial charge in [-0.3, -0.25) is 4.79 Å². The van der Waals surface area contributed by atoms with Crippen LogP contribution in [0.5, 0.6) is 5.75 Å². The number of nitrogens with zero attached hydrogens (tertiary/aromatic N) is 4. The summed E-state index contributed by atoms with van der Waals surface area (Å²) in [5.74, 6) is 1.29. The molecule has 1 amide bonds. The predicted octanol–water partition coefficient (Wildman–Crippen LogP) is 3.65. The first-order valence-electron chi connectivity index (χ1n) is 8.24. The summed E-state index contributed by atoms with van der Waals surface area (Å²) in [5.41, 5.74) is 1.07. The molecule has 0 radical (unpaired) electrons. The Labute approximate surface area is 171 Å². The lowest BCUT2D eigenvalue weighted by Crippen LogP contribution is -2.14. The Kier molecular flexibility index (Phi) is 6.53. The number of aromatic nitrogens is 3. The van der Waals surface area contributed by atoms with E-state index in [9.17, 15) is 4.79 Å². The van der Waals surface area contributed by atoms with E-state index in [0.29, 0.717) is 33.0 Å². The number of halogens is 1. The maximum atomic E-state index is 12.1. The number of rotatable bonds is 7. The maximum Gasteiger partial charge on any atom is 0.234 e. The highest BCUT2D eigenvalue weighted by Crippen LogP contribution is 2.19. The van der Waals surface area contributed by atoms with Gasteiger partial charge in [-0.15, -0.1) is 10.2 Å². The molecule has 0 saturated heterocycles. The molecule has 7 nitrogen and oxygen atoms in total. The van der Waals surface area contributed by atoms with E-state index in [4.69, 9.17) is 21.6 Å². The third-order valence-electron chi connectivity index (χ3n) is 3.71. The van der Waals surface area contributed by atoms with Gasteiger partial charge in [-0.05, 0) is 42.5 Å². The lowest BCUT2D eigenvalue weighted by molar-refractivity contribution is -0.113. The number of benzene rings is 2. The molecule has 1 aromatic heterocycles. The topological polar surface area (TPSA) is 92.8 Å². The molecular weight excluding hydrogens is 398 g/mol. The molecule has 0 spiro atoms. The van der Waals surface area contributed by atoms with Gasteiger partial charge < -0.3 is 14.6 Å². The van der Waals surface area contributed by atoms with Crippen molar-refractivity contribution in [1.29, 1.82) is 5.26 Å². The Morgan fingerprint density at radius 2 is 2.07 bits per heavy atom. The van der Waals surface area contributed by atoms with Crippen molar-refractivity contribution in [2.24, 2.45) is 7.05 Å². The average molecular weight is 414 g/mol. The fourth-order valence-electron chi connectivity index (χ4n) is 2.27. The Balaban J connectivity index is 1.52. The molecule has 1 heterocycles. The number of ether oxygens (including phenoxy) is 1.